The van der Waals surface area contributed by atoms with Crippen LogP contribution in [0, 0.1) is 5.92 Å². The average Bonchev–Trinajstić information content (AvgIpc) is 1.95. The molecule has 0 saturated carbocycles. The van der Waals surface area contributed by atoms with Gasteiger partial charge >= 0.3 is 0 Å². The fourth-order valence-corrected chi connectivity index (χ4v) is 1.30. The SMILES string of the molecule is CCC1=CC(C)C(S)C=C1. The van der Waals surface area contributed by atoms with Crippen molar-refractivity contribution in [1.82, 2.24) is 0 Å². The third-order valence-electron chi connectivity index (χ3n) is 1.93. The van der Waals surface area contributed by atoms with E-state index in [-0.39, 0.29) is 0 Å². The molecule has 0 spiro atoms. The van der Waals surface area contributed by atoms with E-state index in [2.05, 4.69) is 44.7 Å². The lowest BCUT2D eigenvalue weighted by atomic mass is 9.96. The zero-order chi connectivity index (χ0) is 7.56. The zero-order valence-electron chi connectivity index (χ0n) is 6.54. The third kappa shape index (κ3) is 1.66. The van der Waals surface area contributed by atoms with Gasteiger partial charge in [-0.3, -0.25) is 0 Å². The average molecular weight is 154 g/mol. The fraction of sp³-hybridized carbons (Fsp3) is 0.556. The van der Waals surface area contributed by atoms with E-state index in [9.17, 15) is 0 Å². The van der Waals surface area contributed by atoms with Gasteiger partial charge in [-0.25, -0.2) is 0 Å². The van der Waals surface area contributed by atoms with Crippen molar-refractivity contribution in [2.45, 2.75) is 25.5 Å². The van der Waals surface area contributed by atoms with Gasteiger partial charge in [-0.2, -0.15) is 12.6 Å². The van der Waals surface area contributed by atoms with Crippen LogP contribution >= 0.6 is 12.6 Å². The summed E-state index contributed by atoms with van der Waals surface area (Å²) in [7, 11) is 0. The van der Waals surface area contributed by atoms with Crippen LogP contribution in [0.15, 0.2) is 23.8 Å². The Kier molecular flexibility index (Phi) is 2.61. The molecule has 0 aromatic heterocycles. The number of thiol groups is 1. The predicted molar refractivity (Wildman–Crippen MR) is 49.5 cm³/mol. The lowest BCUT2D eigenvalue weighted by Crippen LogP contribution is -2.09. The second-order valence-corrected chi connectivity index (χ2v) is 3.40. The van der Waals surface area contributed by atoms with Gasteiger partial charge in [0.15, 0.2) is 0 Å². The molecule has 0 nitrogen and oxygen atoms in total. The Morgan fingerprint density at radius 2 is 2.30 bits per heavy atom. The van der Waals surface area contributed by atoms with Gasteiger partial charge in [0.05, 0.1) is 0 Å². The molecule has 1 aliphatic rings. The maximum Gasteiger partial charge on any atom is 0.0260 e. The number of hydrogen-bond donors (Lipinski definition) is 1. The topological polar surface area (TPSA) is 0 Å². The molecule has 0 bridgehead atoms. The molecular weight excluding hydrogens is 140 g/mol. The molecule has 1 aliphatic carbocycles. The normalized spacial score (nSPS) is 32.1. The predicted octanol–water partition coefficient (Wildman–Crippen LogP) is 2.83. The van der Waals surface area contributed by atoms with Crippen molar-refractivity contribution in [3.05, 3.63) is 23.8 Å². The van der Waals surface area contributed by atoms with Gasteiger partial charge in [0, 0.05) is 5.25 Å². The van der Waals surface area contributed by atoms with E-state index in [4.69, 9.17) is 0 Å². The van der Waals surface area contributed by atoms with E-state index in [1.165, 1.54) is 5.57 Å². The summed E-state index contributed by atoms with van der Waals surface area (Å²) >= 11 is 4.40. The molecule has 0 fully saturated rings. The molecule has 56 valence electrons. The highest BCUT2D eigenvalue weighted by atomic mass is 32.1. The minimum absolute atomic E-state index is 0.426. The van der Waals surface area contributed by atoms with Crippen LogP contribution in [0.3, 0.4) is 0 Å². The smallest absolute Gasteiger partial charge is 0.0260 e. The first kappa shape index (κ1) is 7.93. The zero-order valence-corrected chi connectivity index (χ0v) is 7.44. The van der Waals surface area contributed by atoms with Crippen molar-refractivity contribution in [2.24, 2.45) is 5.92 Å². The lowest BCUT2D eigenvalue weighted by Gasteiger charge is -2.17. The summed E-state index contributed by atoms with van der Waals surface area (Å²) in [4.78, 5) is 0. The Hall–Kier alpha value is -0.170. The summed E-state index contributed by atoms with van der Waals surface area (Å²) < 4.78 is 0. The van der Waals surface area contributed by atoms with Crippen LogP contribution in [0.1, 0.15) is 20.3 Å². The van der Waals surface area contributed by atoms with Crippen molar-refractivity contribution in [3.8, 4) is 0 Å². The maximum atomic E-state index is 4.40. The fourth-order valence-electron chi connectivity index (χ4n) is 1.12. The van der Waals surface area contributed by atoms with Crippen molar-refractivity contribution in [3.63, 3.8) is 0 Å². The Bertz CT molecular complexity index is 168. The van der Waals surface area contributed by atoms with Crippen LogP contribution in [0.25, 0.3) is 0 Å². The quantitative estimate of drug-likeness (QED) is 0.552. The van der Waals surface area contributed by atoms with Gasteiger partial charge in [-0.1, -0.05) is 37.6 Å². The summed E-state index contributed by atoms with van der Waals surface area (Å²) in [6, 6.07) is 0. The van der Waals surface area contributed by atoms with Crippen LogP contribution in [-0.2, 0) is 0 Å². The minimum atomic E-state index is 0.426. The molecule has 1 heteroatoms. The molecule has 0 aliphatic heterocycles. The molecule has 2 atom stereocenters. The first-order valence-corrected chi connectivity index (χ1v) is 4.32. The molecular formula is C9H14S. The standard InChI is InChI=1S/C9H14S/c1-3-8-4-5-9(10)7(2)6-8/h4-7,9-10H,3H2,1-2H3. The number of rotatable bonds is 1. The summed E-state index contributed by atoms with van der Waals surface area (Å²) in [5.74, 6) is 0.600. The van der Waals surface area contributed by atoms with E-state index < -0.39 is 0 Å². The summed E-state index contributed by atoms with van der Waals surface area (Å²) in [5.41, 5.74) is 1.44. The molecule has 0 N–H and O–H groups in total. The number of hydrogen-bond acceptors (Lipinski definition) is 1. The van der Waals surface area contributed by atoms with Crippen LogP contribution in [0.5, 0.6) is 0 Å². The molecule has 0 amide bonds. The Labute approximate surface area is 68.4 Å². The highest BCUT2D eigenvalue weighted by molar-refractivity contribution is 7.81. The first-order valence-electron chi connectivity index (χ1n) is 3.81. The largest absolute Gasteiger partial charge is 0.171 e. The molecule has 0 aromatic rings. The van der Waals surface area contributed by atoms with E-state index in [0.717, 1.165) is 6.42 Å². The monoisotopic (exact) mass is 154 g/mol. The van der Waals surface area contributed by atoms with Gasteiger partial charge < -0.3 is 0 Å². The Morgan fingerprint density at radius 3 is 2.80 bits per heavy atom. The molecule has 1 rings (SSSR count). The second kappa shape index (κ2) is 3.29. The molecule has 0 heterocycles. The van der Waals surface area contributed by atoms with E-state index in [0.29, 0.717) is 11.2 Å². The maximum absolute atomic E-state index is 4.40. The third-order valence-corrected chi connectivity index (χ3v) is 2.57. The van der Waals surface area contributed by atoms with Crippen LogP contribution in [0.4, 0.5) is 0 Å². The van der Waals surface area contributed by atoms with Crippen molar-refractivity contribution >= 4 is 12.6 Å². The summed E-state index contributed by atoms with van der Waals surface area (Å²) in [5, 5.41) is 0.426. The van der Waals surface area contributed by atoms with Crippen LogP contribution in [-0.4, -0.2) is 5.25 Å². The highest BCUT2D eigenvalue weighted by Crippen LogP contribution is 2.22. The summed E-state index contributed by atoms with van der Waals surface area (Å²) in [6.07, 6.45) is 7.79. The number of allylic oxidation sites excluding steroid dienone is 3. The molecule has 0 radical (unpaired) electrons. The second-order valence-electron chi connectivity index (χ2n) is 2.80. The molecule has 0 saturated heterocycles. The van der Waals surface area contributed by atoms with Gasteiger partial charge in [0.1, 0.15) is 0 Å². The highest BCUT2D eigenvalue weighted by Gasteiger charge is 2.10. The van der Waals surface area contributed by atoms with Gasteiger partial charge in [-0.15, -0.1) is 0 Å². The van der Waals surface area contributed by atoms with Crippen LogP contribution in [0.2, 0.25) is 0 Å². The van der Waals surface area contributed by atoms with E-state index >= 15 is 0 Å². The van der Waals surface area contributed by atoms with Gasteiger partial charge in [0.2, 0.25) is 0 Å². The minimum Gasteiger partial charge on any atom is -0.171 e. The van der Waals surface area contributed by atoms with Gasteiger partial charge in [-0.05, 0) is 12.3 Å². The van der Waals surface area contributed by atoms with Crippen molar-refractivity contribution in [2.75, 3.05) is 0 Å². The molecule has 0 aromatic carbocycles. The first-order chi connectivity index (χ1) is 4.74. The lowest BCUT2D eigenvalue weighted by molar-refractivity contribution is 0.743. The Balaban J connectivity index is 2.66. The molecule has 2 unspecified atom stereocenters. The van der Waals surface area contributed by atoms with Crippen molar-refractivity contribution in [1.29, 1.82) is 0 Å². The van der Waals surface area contributed by atoms with Crippen LogP contribution < -0.4 is 0 Å². The van der Waals surface area contributed by atoms with Crippen molar-refractivity contribution < 1.29 is 0 Å². The Morgan fingerprint density at radius 1 is 1.60 bits per heavy atom. The molecule has 10 heavy (non-hydrogen) atoms. The summed E-state index contributed by atoms with van der Waals surface area (Å²) in [6.45, 7) is 4.39. The van der Waals surface area contributed by atoms with Gasteiger partial charge in [0.25, 0.3) is 0 Å². The van der Waals surface area contributed by atoms with E-state index in [1.54, 1.807) is 0 Å². The van der Waals surface area contributed by atoms with E-state index in [1.807, 2.05) is 0 Å².